The van der Waals surface area contributed by atoms with Crippen LogP contribution in [0.25, 0.3) is 0 Å². The zero-order valence-corrected chi connectivity index (χ0v) is 10.9. The van der Waals surface area contributed by atoms with Gasteiger partial charge in [0.15, 0.2) is 0 Å². The van der Waals surface area contributed by atoms with Gasteiger partial charge in [-0.3, -0.25) is 4.79 Å². The second-order valence-corrected chi connectivity index (χ2v) is 5.34. The molecule has 1 fully saturated rings. The van der Waals surface area contributed by atoms with Gasteiger partial charge >= 0.3 is 0 Å². The van der Waals surface area contributed by atoms with Gasteiger partial charge in [-0.05, 0) is 30.2 Å². The molecule has 1 aliphatic rings. The van der Waals surface area contributed by atoms with E-state index in [-0.39, 0.29) is 11.8 Å². The summed E-state index contributed by atoms with van der Waals surface area (Å²) in [6.07, 6.45) is 1.97. The van der Waals surface area contributed by atoms with E-state index in [4.69, 9.17) is 5.73 Å². The number of hydrogen-bond acceptors (Lipinski definition) is 2. The molecule has 1 aromatic carbocycles. The molecule has 3 heteroatoms. The lowest BCUT2D eigenvalue weighted by molar-refractivity contribution is -0.124. The molecule has 1 amide bonds. The Hall–Kier alpha value is -1.35. The SMILES string of the molecule is CC1CC1CNC(=O)C(CN)Cc1ccccc1. The topological polar surface area (TPSA) is 55.1 Å². The van der Waals surface area contributed by atoms with E-state index >= 15 is 0 Å². The third-order valence-electron chi connectivity index (χ3n) is 3.79. The first-order valence-electron chi connectivity index (χ1n) is 6.72. The van der Waals surface area contributed by atoms with Gasteiger partial charge in [-0.15, -0.1) is 0 Å². The molecule has 2 rings (SSSR count). The lowest BCUT2D eigenvalue weighted by Crippen LogP contribution is -2.37. The predicted octanol–water partition coefficient (Wildman–Crippen LogP) is 1.58. The van der Waals surface area contributed by atoms with Crippen molar-refractivity contribution in [1.82, 2.24) is 5.32 Å². The van der Waals surface area contributed by atoms with E-state index in [0.29, 0.717) is 12.5 Å². The second-order valence-electron chi connectivity index (χ2n) is 5.34. The average molecular weight is 246 g/mol. The molecule has 0 aliphatic heterocycles. The van der Waals surface area contributed by atoms with Crippen LogP contribution >= 0.6 is 0 Å². The van der Waals surface area contributed by atoms with E-state index in [9.17, 15) is 4.79 Å². The highest BCUT2D eigenvalue weighted by molar-refractivity contribution is 5.79. The van der Waals surface area contributed by atoms with Gasteiger partial charge in [0.1, 0.15) is 0 Å². The van der Waals surface area contributed by atoms with Gasteiger partial charge in [0, 0.05) is 13.1 Å². The van der Waals surface area contributed by atoms with E-state index in [1.165, 1.54) is 12.0 Å². The molecule has 0 radical (unpaired) electrons. The number of amides is 1. The highest BCUT2D eigenvalue weighted by Gasteiger charge is 2.32. The van der Waals surface area contributed by atoms with E-state index in [1.807, 2.05) is 30.3 Å². The first-order chi connectivity index (χ1) is 8.70. The third kappa shape index (κ3) is 3.57. The normalized spacial score (nSPS) is 23.4. The van der Waals surface area contributed by atoms with Gasteiger partial charge < -0.3 is 11.1 Å². The molecular weight excluding hydrogens is 224 g/mol. The van der Waals surface area contributed by atoms with Gasteiger partial charge in [-0.1, -0.05) is 37.3 Å². The highest BCUT2D eigenvalue weighted by Crippen LogP contribution is 2.36. The molecular formula is C15H22N2O. The summed E-state index contributed by atoms with van der Waals surface area (Å²) in [6.45, 7) is 3.44. The molecule has 3 atom stereocenters. The first-order valence-corrected chi connectivity index (χ1v) is 6.72. The molecule has 3 unspecified atom stereocenters. The third-order valence-corrected chi connectivity index (χ3v) is 3.79. The van der Waals surface area contributed by atoms with Crippen LogP contribution in [0.3, 0.4) is 0 Å². The maximum atomic E-state index is 12.0. The summed E-state index contributed by atoms with van der Waals surface area (Å²) >= 11 is 0. The van der Waals surface area contributed by atoms with E-state index in [1.54, 1.807) is 0 Å². The van der Waals surface area contributed by atoms with Crippen LogP contribution in [0.2, 0.25) is 0 Å². The minimum atomic E-state index is -0.110. The largest absolute Gasteiger partial charge is 0.356 e. The standard InChI is InChI=1S/C15H22N2O/c1-11-7-14(11)10-17-15(18)13(9-16)8-12-5-3-2-4-6-12/h2-6,11,13-14H,7-10,16H2,1H3,(H,17,18). The number of hydrogen-bond donors (Lipinski definition) is 2. The summed E-state index contributed by atoms with van der Waals surface area (Å²) in [7, 11) is 0. The van der Waals surface area contributed by atoms with Crippen LogP contribution in [-0.4, -0.2) is 19.0 Å². The number of nitrogens with one attached hydrogen (secondary N) is 1. The number of benzene rings is 1. The molecule has 98 valence electrons. The van der Waals surface area contributed by atoms with Gasteiger partial charge in [0.2, 0.25) is 5.91 Å². The minimum Gasteiger partial charge on any atom is -0.356 e. The lowest BCUT2D eigenvalue weighted by Gasteiger charge is -2.15. The average Bonchev–Trinajstić information content (AvgIpc) is 3.10. The van der Waals surface area contributed by atoms with Crippen molar-refractivity contribution in [2.75, 3.05) is 13.1 Å². The Bertz CT molecular complexity index is 391. The van der Waals surface area contributed by atoms with Crippen LogP contribution in [0.15, 0.2) is 30.3 Å². The smallest absolute Gasteiger partial charge is 0.224 e. The van der Waals surface area contributed by atoms with Crippen LogP contribution in [0.4, 0.5) is 0 Å². The number of carbonyl (C=O) groups excluding carboxylic acids is 1. The van der Waals surface area contributed by atoms with Crippen molar-refractivity contribution >= 4 is 5.91 Å². The maximum Gasteiger partial charge on any atom is 0.224 e. The van der Waals surface area contributed by atoms with Crippen molar-refractivity contribution < 1.29 is 4.79 Å². The maximum absolute atomic E-state index is 12.0. The molecule has 0 spiro atoms. The molecule has 3 N–H and O–H groups in total. The van der Waals surface area contributed by atoms with Crippen LogP contribution in [0.5, 0.6) is 0 Å². The molecule has 0 saturated heterocycles. The van der Waals surface area contributed by atoms with Crippen molar-refractivity contribution in [2.24, 2.45) is 23.5 Å². The minimum absolute atomic E-state index is 0.0976. The molecule has 1 aliphatic carbocycles. The van der Waals surface area contributed by atoms with E-state index < -0.39 is 0 Å². The van der Waals surface area contributed by atoms with Crippen LogP contribution in [0.1, 0.15) is 18.9 Å². The second kappa shape index (κ2) is 6.01. The van der Waals surface area contributed by atoms with Crippen LogP contribution in [0, 0.1) is 17.8 Å². The van der Waals surface area contributed by atoms with Crippen molar-refractivity contribution in [2.45, 2.75) is 19.8 Å². The Morgan fingerprint density at radius 1 is 1.44 bits per heavy atom. The van der Waals surface area contributed by atoms with Gasteiger partial charge in [0.05, 0.1) is 5.92 Å². The molecule has 0 heterocycles. The summed E-state index contributed by atoms with van der Waals surface area (Å²) in [5, 5.41) is 3.03. The fourth-order valence-corrected chi connectivity index (χ4v) is 2.24. The summed E-state index contributed by atoms with van der Waals surface area (Å²) in [5.41, 5.74) is 6.88. The Balaban J connectivity index is 1.82. The lowest BCUT2D eigenvalue weighted by atomic mass is 9.98. The van der Waals surface area contributed by atoms with Crippen molar-refractivity contribution in [3.05, 3.63) is 35.9 Å². The molecule has 1 saturated carbocycles. The van der Waals surface area contributed by atoms with Crippen LogP contribution in [-0.2, 0) is 11.2 Å². The van der Waals surface area contributed by atoms with Crippen molar-refractivity contribution in [3.8, 4) is 0 Å². The fraction of sp³-hybridized carbons (Fsp3) is 0.533. The summed E-state index contributed by atoms with van der Waals surface area (Å²) < 4.78 is 0. The summed E-state index contributed by atoms with van der Waals surface area (Å²) in [4.78, 5) is 12.0. The van der Waals surface area contributed by atoms with Crippen molar-refractivity contribution in [1.29, 1.82) is 0 Å². The molecule has 0 aromatic heterocycles. The summed E-state index contributed by atoms with van der Waals surface area (Å²) in [5.74, 6) is 1.45. The molecule has 0 bridgehead atoms. The quantitative estimate of drug-likeness (QED) is 0.800. The molecule has 1 aromatic rings. The Morgan fingerprint density at radius 3 is 2.67 bits per heavy atom. The van der Waals surface area contributed by atoms with E-state index in [2.05, 4.69) is 12.2 Å². The monoisotopic (exact) mass is 246 g/mol. The van der Waals surface area contributed by atoms with Gasteiger partial charge in [0.25, 0.3) is 0 Å². The number of nitrogens with two attached hydrogens (primary N) is 1. The van der Waals surface area contributed by atoms with Crippen molar-refractivity contribution in [3.63, 3.8) is 0 Å². The van der Waals surface area contributed by atoms with Gasteiger partial charge in [-0.2, -0.15) is 0 Å². The number of carbonyl (C=O) groups is 1. The zero-order valence-electron chi connectivity index (χ0n) is 10.9. The molecule has 18 heavy (non-hydrogen) atoms. The first kappa shape index (κ1) is 13.1. The highest BCUT2D eigenvalue weighted by atomic mass is 16.1. The Labute approximate surface area is 109 Å². The fourth-order valence-electron chi connectivity index (χ4n) is 2.24. The Kier molecular flexibility index (Phi) is 4.37. The zero-order chi connectivity index (χ0) is 13.0. The van der Waals surface area contributed by atoms with E-state index in [0.717, 1.165) is 18.9 Å². The van der Waals surface area contributed by atoms with Gasteiger partial charge in [-0.25, -0.2) is 0 Å². The predicted molar refractivity (Wildman–Crippen MR) is 73.0 cm³/mol. The summed E-state index contributed by atoms with van der Waals surface area (Å²) in [6, 6.07) is 10.0. The van der Waals surface area contributed by atoms with Crippen LogP contribution < -0.4 is 11.1 Å². The molecule has 3 nitrogen and oxygen atoms in total. The Morgan fingerprint density at radius 2 is 2.11 bits per heavy atom. The number of rotatable bonds is 6.